The van der Waals surface area contributed by atoms with Crippen molar-refractivity contribution in [3.63, 3.8) is 0 Å². The molecular weight excluding hydrogens is 310 g/mol. The van der Waals surface area contributed by atoms with E-state index >= 15 is 0 Å². The Hall–Kier alpha value is -2.88. The third-order valence-electron chi connectivity index (χ3n) is 4.93. The first-order valence-electron chi connectivity index (χ1n) is 8.60. The van der Waals surface area contributed by atoms with Crippen molar-refractivity contribution in [3.05, 3.63) is 77.1 Å². The van der Waals surface area contributed by atoms with Crippen molar-refractivity contribution in [1.29, 1.82) is 0 Å². The van der Waals surface area contributed by atoms with Crippen LogP contribution in [-0.2, 0) is 13.5 Å². The molecular formula is C21H21N3O. The summed E-state index contributed by atoms with van der Waals surface area (Å²) in [4.78, 5) is 12.4. The molecule has 0 spiro atoms. The fourth-order valence-electron chi connectivity index (χ4n) is 3.60. The summed E-state index contributed by atoms with van der Waals surface area (Å²) in [6, 6.07) is 17.0. The molecule has 2 aromatic carbocycles. The summed E-state index contributed by atoms with van der Waals surface area (Å²) in [7, 11) is 1.78. The quantitative estimate of drug-likeness (QED) is 0.793. The van der Waals surface area contributed by atoms with E-state index < -0.39 is 0 Å². The van der Waals surface area contributed by atoms with Crippen LogP contribution in [0.25, 0.3) is 11.1 Å². The van der Waals surface area contributed by atoms with Crippen molar-refractivity contribution in [1.82, 2.24) is 15.1 Å². The summed E-state index contributed by atoms with van der Waals surface area (Å²) in [6.45, 7) is 2.11. The lowest BCUT2D eigenvalue weighted by Crippen LogP contribution is -2.28. The number of amides is 1. The highest BCUT2D eigenvalue weighted by Crippen LogP contribution is 2.34. The maximum Gasteiger partial charge on any atom is 0.270 e. The number of carbonyl (C=O) groups is 1. The monoisotopic (exact) mass is 331 g/mol. The van der Waals surface area contributed by atoms with Gasteiger partial charge in [0.05, 0.1) is 6.04 Å². The molecule has 1 aromatic heterocycles. The molecule has 1 aliphatic rings. The van der Waals surface area contributed by atoms with Crippen molar-refractivity contribution in [2.24, 2.45) is 7.05 Å². The third-order valence-corrected chi connectivity index (χ3v) is 4.93. The van der Waals surface area contributed by atoms with Crippen LogP contribution in [0.2, 0.25) is 0 Å². The number of fused-ring (bicyclic) bond motifs is 1. The molecule has 126 valence electrons. The van der Waals surface area contributed by atoms with Crippen LogP contribution in [0.15, 0.2) is 54.7 Å². The fourth-order valence-corrected chi connectivity index (χ4v) is 3.60. The average molecular weight is 331 g/mol. The second-order valence-corrected chi connectivity index (χ2v) is 6.69. The van der Waals surface area contributed by atoms with E-state index in [9.17, 15) is 4.79 Å². The molecule has 1 N–H and O–H groups in total. The minimum Gasteiger partial charge on any atom is -0.344 e. The highest BCUT2D eigenvalue weighted by Gasteiger charge is 2.25. The predicted molar refractivity (Wildman–Crippen MR) is 98.4 cm³/mol. The van der Waals surface area contributed by atoms with Gasteiger partial charge in [-0.25, -0.2) is 0 Å². The minimum atomic E-state index is -0.0689. The Morgan fingerprint density at radius 1 is 1.16 bits per heavy atom. The number of nitrogens with one attached hydrogen (secondary N) is 1. The topological polar surface area (TPSA) is 46.9 Å². The molecule has 0 aliphatic heterocycles. The molecule has 1 unspecified atom stereocenters. The highest BCUT2D eigenvalue weighted by molar-refractivity contribution is 5.92. The molecule has 4 heteroatoms. The van der Waals surface area contributed by atoms with Crippen LogP contribution in [0.1, 0.15) is 39.6 Å². The summed E-state index contributed by atoms with van der Waals surface area (Å²) >= 11 is 0. The van der Waals surface area contributed by atoms with Gasteiger partial charge in [-0.1, -0.05) is 48.0 Å². The van der Waals surface area contributed by atoms with Gasteiger partial charge in [0.2, 0.25) is 0 Å². The Morgan fingerprint density at radius 3 is 2.76 bits per heavy atom. The number of hydrogen-bond acceptors (Lipinski definition) is 2. The zero-order chi connectivity index (χ0) is 17.4. The molecule has 0 radical (unpaired) electrons. The van der Waals surface area contributed by atoms with Crippen LogP contribution in [0.5, 0.6) is 0 Å². The standard InChI is InChI=1S/C21H21N3O/c1-14-4-3-5-15(12-14)16-6-8-18-17(13-16)7-9-19(18)23-21(25)20-10-11-22-24(20)2/h3-6,8,10-13,19H,7,9H2,1-2H3,(H,23,25). The number of aromatic nitrogens is 2. The molecule has 0 fully saturated rings. The van der Waals surface area contributed by atoms with Crippen LogP contribution in [0, 0.1) is 6.92 Å². The normalized spacial score (nSPS) is 15.8. The lowest BCUT2D eigenvalue weighted by atomic mass is 9.98. The number of carbonyl (C=O) groups excluding carboxylic acids is 1. The third kappa shape index (κ3) is 2.95. The van der Waals surface area contributed by atoms with Gasteiger partial charge >= 0.3 is 0 Å². The Balaban J connectivity index is 1.57. The van der Waals surface area contributed by atoms with Crippen LogP contribution < -0.4 is 5.32 Å². The molecule has 1 atom stereocenters. The first kappa shape index (κ1) is 15.6. The molecule has 4 nitrogen and oxygen atoms in total. The van der Waals surface area contributed by atoms with Gasteiger partial charge in [-0.2, -0.15) is 5.10 Å². The first-order valence-corrected chi connectivity index (χ1v) is 8.60. The average Bonchev–Trinajstić information content (AvgIpc) is 3.21. The molecule has 1 heterocycles. The largest absolute Gasteiger partial charge is 0.344 e. The number of nitrogens with zero attached hydrogens (tertiary/aromatic N) is 2. The lowest BCUT2D eigenvalue weighted by Gasteiger charge is -2.15. The molecule has 1 aliphatic carbocycles. The maximum absolute atomic E-state index is 12.4. The smallest absolute Gasteiger partial charge is 0.270 e. The van der Waals surface area contributed by atoms with Crippen molar-refractivity contribution >= 4 is 5.91 Å². The Labute approximate surface area is 147 Å². The zero-order valence-electron chi connectivity index (χ0n) is 14.5. The van der Waals surface area contributed by atoms with Gasteiger partial charge in [0, 0.05) is 13.2 Å². The SMILES string of the molecule is Cc1cccc(-c2ccc3c(c2)CCC3NC(=O)c2ccnn2C)c1. The molecule has 3 aromatic rings. The van der Waals surface area contributed by atoms with E-state index in [0.717, 1.165) is 12.8 Å². The maximum atomic E-state index is 12.4. The van der Waals surface area contributed by atoms with Gasteiger partial charge < -0.3 is 5.32 Å². The van der Waals surface area contributed by atoms with E-state index in [0.29, 0.717) is 5.69 Å². The zero-order valence-corrected chi connectivity index (χ0v) is 14.5. The van der Waals surface area contributed by atoms with E-state index in [1.807, 2.05) is 0 Å². The van der Waals surface area contributed by atoms with Gasteiger partial charge in [-0.05, 0) is 48.1 Å². The molecule has 1 amide bonds. The summed E-state index contributed by atoms with van der Waals surface area (Å²) in [5.74, 6) is -0.0689. The predicted octanol–water partition coefficient (Wildman–Crippen LogP) is 3.81. The second kappa shape index (κ2) is 6.20. The van der Waals surface area contributed by atoms with Gasteiger partial charge in [0.25, 0.3) is 5.91 Å². The van der Waals surface area contributed by atoms with Crippen LogP contribution in [-0.4, -0.2) is 15.7 Å². The van der Waals surface area contributed by atoms with E-state index in [1.165, 1.54) is 27.8 Å². The van der Waals surface area contributed by atoms with E-state index in [1.54, 1.807) is 24.0 Å². The van der Waals surface area contributed by atoms with Gasteiger partial charge in [0.15, 0.2) is 0 Å². The second-order valence-electron chi connectivity index (χ2n) is 6.69. The van der Waals surface area contributed by atoms with Crippen LogP contribution in [0.4, 0.5) is 0 Å². The summed E-state index contributed by atoms with van der Waals surface area (Å²) in [5, 5.41) is 7.21. The van der Waals surface area contributed by atoms with Gasteiger partial charge in [-0.3, -0.25) is 9.48 Å². The van der Waals surface area contributed by atoms with E-state index in [4.69, 9.17) is 0 Å². The molecule has 0 bridgehead atoms. The van der Waals surface area contributed by atoms with E-state index in [-0.39, 0.29) is 11.9 Å². The van der Waals surface area contributed by atoms with E-state index in [2.05, 4.69) is 59.8 Å². The van der Waals surface area contributed by atoms with Crippen molar-refractivity contribution in [2.45, 2.75) is 25.8 Å². The van der Waals surface area contributed by atoms with Crippen LogP contribution >= 0.6 is 0 Å². The van der Waals surface area contributed by atoms with Crippen LogP contribution in [0.3, 0.4) is 0 Å². The molecule has 4 rings (SSSR count). The fraction of sp³-hybridized carbons (Fsp3) is 0.238. The Bertz CT molecular complexity index is 942. The van der Waals surface area contributed by atoms with Crippen molar-refractivity contribution in [2.75, 3.05) is 0 Å². The lowest BCUT2D eigenvalue weighted by molar-refractivity contribution is 0.0927. The first-order chi connectivity index (χ1) is 12.1. The van der Waals surface area contributed by atoms with Gasteiger partial charge in [-0.15, -0.1) is 0 Å². The molecule has 25 heavy (non-hydrogen) atoms. The summed E-state index contributed by atoms with van der Waals surface area (Å²) in [6.07, 6.45) is 3.58. The Kier molecular flexibility index (Phi) is 3.88. The van der Waals surface area contributed by atoms with Crippen molar-refractivity contribution in [3.8, 4) is 11.1 Å². The summed E-state index contributed by atoms with van der Waals surface area (Å²) in [5.41, 5.74) is 6.89. The number of benzene rings is 2. The number of hydrogen-bond donors (Lipinski definition) is 1. The minimum absolute atomic E-state index is 0.0689. The van der Waals surface area contributed by atoms with Crippen molar-refractivity contribution < 1.29 is 4.79 Å². The molecule has 0 saturated heterocycles. The summed E-state index contributed by atoms with van der Waals surface area (Å²) < 4.78 is 1.60. The Morgan fingerprint density at radius 2 is 2.00 bits per heavy atom. The molecule has 0 saturated carbocycles. The van der Waals surface area contributed by atoms with Gasteiger partial charge in [0.1, 0.15) is 5.69 Å². The highest BCUT2D eigenvalue weighted by atomic mass is 16.2. The number of rotatable bonds is 3. The number of aryl methyl sites for hydroxylation is 3.